The normalized spacial score (nSPS) is 10.9. The molecular formula is C24H20Cl2N2O7S. The second kappa shape index (κ2) is 11.4. The molecule has 0 heterocycles. The molecule has 0 spiro atoms. The quantitative estimate of drug-likeness (QED) is 0.412. The number of benzene rings is 3. The average molecular weight is 551 g/mol. The third-order valence-corrected chi connectivity index (χ3v) is 7.18. The van der Waals surface area contributed by atoms with Crippen LogP contribution >= 0.6 is 23.2 Å². The summed E-state index contributed by atoms with van der Waals surface area (Å²) in [6.07, 6.45) is 0. The van der Waals surface area contributed by atoms with Gasteiger partial charge in [-0.15, -0.1) is 0 Å². The first kappa shape index (κ1) is 27.0. The summed E-state index contributed by atoms with van der Waals surface area (Å²) in [5.74, 6) is -2.28. The zero-order valence-corrected chi connectivity index (χ0v) is 21.4. The Bertz CT molecular complexity index is 1410. The van der Waals surface area contributed by atoms with Crippen LogP contribution in [0, 0.1) is 0 Å². The molecular weight excluding hydrogens is 531 g/mol. The number of esters is 2. The van der Waals surface area contributed by atoms with E-state index >= 15 is 0 Å². The largest absolute Gasteiger partial charge is 0.465 e. The summed E-state index contributed by atoms with van der Waals surface area (Å²) in [6.45, 7) is -0.686. The number of amides is 1. The highest BCUT2D eigenvalue weighted by Gasteiger charge is 2.28. The second-order valence-electron chi connectivity index (χ2n) is 7.24. The highest BCUT2D eigenvalue weighted by molar-refractivity contribution is 7.92. The lowest BCUT2D eigenvalue weighted by molar-refractivity contribution is -0.114. The molecule has 0 radical (unpaired) electrons. The number of hydrogen-bond acceptors (Lipinski definition) is 7. The molecule has 3 aromatic rings. The Balaban J connectivity index is 2.01. The molecule has 0 saturated heterocycles. The lowest BCUT2D eigenvalue weighted by atomic mass is 10.1. The van der Waals surface area contributed by atoms with E-state index in [1.165, 1.54) is 67.8 Å². The van der Waals surface area contributed by atoms with Crippen LogP contribution in [0.4, 0.5) is 11.4 Å². The Morgan fingerprint density at radius 2 is 1.53 bits per heavy atom. The van der Waals surface area contributed by atoms with Gasteiger partial charge in [-0.2, -0.15) is 0 Å². The summed E-state index contributed by atoms with van der Waals surface area (Å²) in [7, 11) is -1.91. The molecule has 0 aromatic heterocycles. The Kier molecular flexibility index (Phi) is 8.57. The van der Waals surface area contributed by atoms with Crippen molar-refractivity contribution in [2.45, 2.75) is 4.90 Å². The number of carbonyl (C=O) groups excluding carboxylic acids is 3. The first-order chi connectivity index (χ1) is 17.1. The van der Waals surface area contributed by atoms with Crippen LogP contribution < -0.4 is 9.62 Å². The SMILES string of the molecule is COC(=O)c1ccc(C(=O)OC)c(NC(=O)CN(c2cccc(Cl)c2)S(=O)(=O)c2ccc(Cl)cc2)c1. The summed E-state index contributed by atoms with van der Waals surface area (Å²) in [5.41, 5.74) is 0.0723. The van der Waals surface area contributed by atoms with E-state index in [0.29, 0.717) is 5.02 Å². The lowest BCUT2D eigenvalue weighted by Gasteiger charge is -2.24. The highest BCUT2D eigenvalue weighted by atomic mass is 35.5. The van der Waals surface area contributed by atoms with Crippen LogP contribution in [0.5, 0.6) is 0 Å². The number of carbonyl (C=O) groups is 3. The molecule has 0 aliphatic carbocycles. The topological polar surface area (TPSA) is 119 Å². The number of sulfonamides is 1. The minimum absolute atomic E-state index is 0.0478. The number of hydrogen-bond donors (Lipinski definition) is 1. The molecule has 36 heavy (non-hydrogen) atoms. The van der Waals surface area contributed by atoms with E-state index in [4.69, 9.17) is 27.9 Å². The van der Waals surface area contributed by atoms with E-state index in [0.717, 1.165) is 11.4 Å². The molecule has 0 aliphatic rings. The van der Waals surface area contributed by atoms with Gasteiger partial charge in [0.15, 0.2) is 0 Å². The average Bonchev–Trinajstić information content (AvgIpc) is 2.86. The first-order valence-corrected chi connectivity index (χ1v) is 12.4. The van der Waals surface area contributed by atoms with Crippen LogP contribution in [0.1, 0.15) is 20.7 Å². The molecule has 1 amide bonds. The maximum Gasteiger partial charge on any atom is 0.339 e. The highest BCUT2D eigenvalue weighted by Crippen LogP contribution is 2.27. The molecule has 188 valence electrons. The van der Waals surface area contributed by atoms with Gasteiger partial charge in [-0.25, -0.2) is 18.0 Å². The molecule has 12 heteroatoms. The zero-order chi connectivity index (χ0) is 26.5. The van der Waals surface area contributed by atoms with Crippen LogP contribution in [0.2, 0.25) is 10.0 Å². The van der Waals surface area contributed by atoms with Gasteiger partial charge in [0.2, 0.25) is 5.91 Å². The number of halogens is 2. The first-order valence-electron chi connectivity index (χ1n) is 10.2. The Morgan fingerprint density at radius 1 is 0.861 bits per heavy atom. The fraction of sp³-hybridized carbons (Fsp3) is 0.125. The predicted molar refractivity (Wildman–Crippen MR) is 135 cm³/mol. The van der Waals surface area contributed by atoms with E-state index in [2.05, 4.69) is 10.1 Å². The van der Waals surface area contributed by atoms with E-state index < -0.39 is 34.4 Å². The summed E-state index contributed by atoms with van der Waals surface area (Å²) >= 11 is 12.0. The van der Waals surface area contributed by atoms with Crippen molar-refractivity contribution in [3.63, 3.8) is 0 Å². The van der Waals surface area contributed by atoms with Gasteiger partial charge in [-0.3, -0.25) is 9.10 Å². The third kappa shape index (κ3) is 6.14. The summed E-state index contributed by atoms with van der Waals surface area (Å²) in [5, 5.41) is 3.07. The smallest absolute Gasteiger partial charge is 0.339 e. The van der Waals surface area contributed by atoms with Gasteiger partial charge in [0.05, 0.1) is 41.6 Å². The van der Waals surface area contributed by atoms with Crippen LogP contribution in [0.3, 0.4) is 0 Å². The van der Waals surface area contributed by atoms with E-state index in [9.17, 15) is 22.8 Å². The van der Waals surface area contributed by atoms with E-state index in [-0.39, 0.29) is 32.4 Å². The number of rotatable bonds is 8. The number of nitrogens with one attached hydrogen (secondary N) is 1. The van der Waals surface area contributed by atoms with Gasteiger partial charge in [-0.05, 0) is 60.7 Å². The van der Waals surface area contributed by atoms with E-state index in [1.807, 2.05) is 0 Å². The Labute approximate surface area is 217 Å². The maximum atomic E-state index is 13.5. The van der Waals surface area contributed by atoms with Crippen LogP contribution in [0.25, 0.3) is 0 Å². The monoisotopic (exact) mass is 550 g/mol. The maximum absolute atomic E-state index is 13.5. The van der Waals surface area contributed by atoms with Gasteiger partial charge < -0.3 is 14.8 Å². The molecule has 9 nitrogen and oxygen atoms in total. The van der Waals surface area contributed by atoms with Crippen molar-refractivity contribution >= 4 is 62.4 Å². The molecule has 0 aliphatic heterocycles. The standard InChI is InChI=1S/C24H20Cl2N2O7S/c1-34-23(30)15-6-11-20(24(31)35-2)21(12-15)27-22(29)14-28(18-5-3-4-17(26)13-18)36(32,33)19-9-7-16(25)8-10-19/h3-13H,14H2,1-2H3,(H,27,29). The van der Waals surface area contributed by atoms with Gasteiger partial charge in [0.1, 0.15) is 6.54 Å². The molecule has 1 N–H and O–H groups in total. The summed E-state index contributed by atoms with van der Waals surface area (Å²) in [4.78, 5) is 37.1. The predicted octanol–water partition coefficient (Wildman–Crippen LogP) is 4.40. The Morgan fingerprint density at radius 3 is 2.14 bits per heavy atom. The van der Waals surface area contributed by atoms with Gasteiger partial charge >= 0.3 is 11.9 Å². The van der Waals surface area contributed by atoms with E-state index in [1.54, 1.807) is 6.07 Å². The van der Waals surface area contributed by atoms with Crippen molar-refractivity contribution in [3.05, 3.63) is 87.9 Å². The fourth-order valence-corrected chi connectivity index (χ4v) is 4.90. The van der Waals surface area contributed by atoms with Crippen molar-refractivity contribution in [3.8, 4) is 0 Å². The molecule has 0 bridgehead atoms. The van der Waals surface area contributed by atoms with Gasteiger partial charge in [-0.1, -0.05) is 29.3 Å². The minimum atomic E-state index is -4.24. The van der Waals surface area contributed by atoms with Crippen molar-refractivity contribution in [1.82, 2.24) is 0 Å². The molecule has 0 fully saturated rings. The molecule has 3 aromatic carbocycles. The number of anilines is 2. The fourth-order valence-electron chi connectivity index (χ4n) is 3.18. The van der Waals surface area contributed by atoms with Gasteiger partial charge in [0, 0.05) is 10.0 Å². The second-order valence-corrected chi connectivity index (χ2v) is 9.97. The van der Waals surface area contributed by atoms with Crippen molar-refractivity contribution < 1.29 is 32.3 Å². The Hall–Kier alpha value is -3.60. The molecule has 3 rings (SSSR count). The van der Waals surface area contributed by atoms with Gasteiger partial charge in [0.25, 0.3) is 10.0 Å². The van der Waals surface area contributed by atoms with Crippen LogP contribution in [-0.2, 0) is 24.3 Å². The molecule has 0 saturated carbocycles. The third-order valence-electron chi connectivity index (χ3n) is 4.91. The summed E-state index contributed by atoms with van der Waals surface area (Å²) in [6, 6.07) is 15.2. The van der Waals surface area contributed by atoms with Crippen LogP contribution in [0.15, 0.2) is 71.6 Å². The number of ether oxygens (including phenoxy) is 2. The summed E-state index contributed by atoms with van der Waals surface area (Å²) < 4.78 is 37.2. The number of methoxy groups -OCH3 is 2. The molecule has 0 atom stereocenters. The minimum Gasteiger partial charge on any atom is -0.465 e. The number of nitrogens with zero attached hydrogens (tertiary/aromatic N) is 1. The van der Waals surface area contributed by atoms with Crippen molar-refractivity contribution in [2.75, 3.05) is 30.4 Å². The van der Waals surface area contributed by atoms with Crippen molar-refractivity contribution in [2.24, 2.45) is 0 Å². The van der Waals surface area contributed by atoms with Crippen LogP contribution in [-0.4, -0.2) is 47.0 Å². The molecule has 0 unspecified atom stereocenters. The zero-order valence-electron chi connectivity index (χ0n) is 19.0. The van der Waals surface area contributed by atoms with Crippen molar-refractivity contribution in [1.29, 1.82) is 0 Å². The lowest BCUT2D eigenvalue weighted by Crippen LogP contribution is -2.38.